The van der Waals surface area contributed by atoms with Crippen LogP contribution in [0.4, 0.5) is 5.69 Å². The van der Waals surface area contributed by atoms with E-state index in [0.29, 0.717) is 40.4 Å². The van der Waals surface area contributed by atoms with Gasteiger partial charge in [0.1, 0.15) is 12.3 Å². The Morgan fingerprint density at radius 2 is 1.82 bits per heavy atom. The van der Waals surface area contributed by atoms with E-state index in [2.05, 4.69) is 14.9 Å². The summed E-state index contributed by atoms with van der Waals surface area (Å²) in [7, 11) is -3.81. The maximum Gasteiger partial charge on any atom is 0.303 e. The number of halogens is 1. The van der Waals surface area contributed by atoms with Crippen LogP contribution in [0, 0.1) is 0 Å². The summed E-state index contributed by atoms with van der Waals surface area (Å²) in [5.74, 6) is -0.854. The van der Waals surface area contributed by atoms with Crippen LogP contribution in [0.5, 0.6) is 0 Å². The fraction of sp³-hybridized carbons (Fsp3) is 0.174. The van der Waals surface area contributed by atoms with Crippen LogP contribution in [-0.2, 0) is 19.7 Å². The number of aromatic nitrogens is 1. The predicted molar refractivity (Wildman–Crippen MR) is 126 cm³/mol. The Hall–Kier alpha value is -3.43. The molecule has 0 aliphatic rings. The number of anilines is 1. The molecule has 2 aromatic carbocycles. The van der Waals surface area contributed by atoms with Crippen molar-refractivity contribution in [1.29, 1.82) is 0 Å². The topological polar surface area (TPSA) is 118 Å². The summed E-state index contributed by atoms with van der Waals surface area (Å²) in [6.07, 6.45) is 4.34. The van der Waals surface area contributed by atoms with Gasteiger partial charge in [-0.3, -0.25) is 14.5 Å². The highest BCUT2D eigenvalue weighted by atomic mass is 35.5. The summed E-state index contributed by atoms with van der Waals surface area (Å²) in [4.78, 5) is 20.2. The van der Waals surface area contributed by atoms with Crippen molar-refractivity contribution in [2.45, 2.75) is 24.2 Å². The zero-order valence-corrected chi connectivity index (χ0v) is 19.1. The predicted octanol–water partition coefficient (Wildman–Crippen LogP) is 4.56. The number of hydrogen-bond acceptors (Lipinski definition) is 6. The smallest absolute Gasteiger partial charge is 0.303 e. The van der Waals surface area contributed by atoms with Gasteiger partial charge in [-0.2, -0.15) is 0 Å². The molecule has 2 N–H and O–H groups in total. The highest BCUT2D eigenvalue weighted by Crippen LogP contribution is 2.21. The third kappa shape index (κ3) is 7.30. The van der Waals surface area contributed by atoms with E-state index in [9.17, 15) is 13.2 Å². The molecule has 0 saturated carbocycles. The van der Waals surface area contributed by atoms with Gasteiger partial charge < -0.3 is 9.94 Å². The number of sulfonamides is 1. The number of carboxylic acids is 1. The Morgan fingerprint density at radius 1 is 1.06 bits per heavy atom. The molecule has 3 rings (SSSR count). The Bertz CT molecular complexity index is 1220. The third-order valence-corrected chi connectivity index (χ3v) is 6.13. The van der Waals surface area contributed by atoms with Crippen LogP contribution in [0.25, 0.3) is 0 Å². The van der Waals surface area contributed by atoms with Crippen LogP contribution < -0.4 is 4.72 Å². The standard InChI is InChI=1S/C23H22ClN3O5S/c24-19-9-11-21(12-10-19)33(30,31)27-20-7-3-5-17(15-20)23(18-6-4-13-25-16-18)26-32-14-2-1-8-22(28)29/h3-7,9-13,15-16,27H,1-2,8,14H2,(H,28,29)/b26-23+. The number of oxime groups is 1. The summed E-state index contributed by atoms with van der Waals surface area (Å²) < 4.78 is 28.0. The Kier molecular flexibility index (Phi) is 8.39. The average Bonchev–Trinajstić information content (AvgIpc) is 2.79. The summed E-state index contributed by atoms with van der Waals surface area (Å²) in [6, 6.07) is 16.2. The minimum Gasteiger partial charge on any atom is -0.481 e. The van der Waals surface area contributed by atoms with Crippen LogP contribution in [-0.4, -0.2) is 36.8 Å². The molecule has 8 nitrogen and oxygen atoms in total. The van der Waals surface area contributed by atoms with E-state index >= 15 is 0 Å². The van der Waals surface area contributed by atoms with E-state index in [1.165, 1.54) is 24.3 Å². The SMILES string of the molecule is O=C(O)CCCCO/N=C(/c1cccnc1)c1cccc(NS(=O)(=O)c2ccc(Cl)cc2)c1. The lowest BCUT2D eigenvalue weighted by Crippen LogP contribution is -2.13. The molecule has 0 saturated heterocycles. The van der Waals surface area contributed by atoms with E-state index in [-0.39, 0.29) is 17.9 Å². The Labute approximate surface area is 196 Å². The normalized spacial score (nSPS) is 11.7. The molecule has 1 aromatic heterocycles. The van der Waals surface area contributed by atoms with E-state index in [1.807, 2.05) is 6.07 Å². The number of nitrogens with zero attached hydrogens (tertiary/aromatic N) is 2. The first-order valence-electron chi connectivity index (χ1n) is 10.1. The second kappa shape index (κ2) is 11.4. The van der Waals surface area contributed by atoms with Gasteiger partial charge in [0.15, 0.2) is 0 Å². The van der Waals surface area contributed by atoms with Crippen molar-refractivity contribution in [2.24, 2.45) is 5.16 Å². The summed E-state index contributed by atoms with van der Waals surface area (Å²) in [5, 5.41) is 13.4. The van der Waals surface area contributed by atoms with Crippen molar-refractivity contribution in [2.75, 3.05) is 11.3 Å². The molecule has 172 valence electrons. The maximum absolute atomic E-state index is 12.7. The fourth-order valence-corrected chi connectivity index (χ4v) is 4.06. The van der Waals surface area contributed by atoms with Crippen molar-refractivity contribution in [3.63, 3.8) is 0 Å². The molecular weight excluding hydrogens is 466 g/mol. The molecule has 10 heteroatoms. The number of benzene rings is 2. The van der Waals surface area contributed by atoms with Crippen molar-refractivity contribution < 1.29 is 23.2 Å². The number of rotatable bonds is 11. The molecule has 3 aromatic rings. The maximum atomic E-state index is 12.7. The second-order valence-electron chi connectivity index (χ2n) is 7.01. The quantitative estimate of drug-likeness (QED) is 0.232. The number of unbranched alkanes of at least 4 members (excludes halogenated alkanes) is 1. The lowest BCUT2D eigenvalue weighted by atomic mass is 10.0. The van der Waals surface area contributed by atoms with Gasteiger partial charge in [0, 0.05) is 40.7 Å². The number of aliphatic carboxylic acids is 1. The van der Waals surface area contributed by atoms with Crippen LogP contribution >= 0.6 is 11.6 Å². The van der Waals surface area contributed by atoms with Crippen molar-refractivity contribution in [1.82, 2.24) is 4.98 Å². The zero-order chi connectivity index (χ0) is 23.7. The van der Waals surface area contributed by atoms with Gasteiger partial charge in [-0.05, 0) is 61.4 Å². The van der Waals surface area contributed by atoms with Crippen LogP contribution in [0.15, 0.2) is 83.1 Å². The van der Waals surface area contributed by atoms with E-state index < -0.39 is 16.0 Å². The van der Waals surface area contributed by atoms with Crippen molar-refractivity contribution >= 4 is 39.0 Å². The highest BCUT2D eigenvalue weighted by molar-refractivity contribution is 7.92. The molecule has 1 heterocycles. The number of carbonyl (C=O) groups is 1. The molecule has 33 heavy (non-hydrogen) atoms. The fourth-order valence-electron chi connectivity index (χ4n) is 2.89. The Balaban J connectivity index is 1.81. The van der Waals surface area contributed by atoms with Gasteiger partial charge in [0.05, 0.1) is 4.90 Å². The second-order valence-corrected chi connectivity index (χ2v) is 9.12. The van der Waals surface area contributed by atoms with Gasteiger partial charge in [0.25, 0.3) is 10.0 Å². The highest BCUT2D eigenvalue weighted by Gasteiger charge is 2.16. The zero-order valence-electron chi connectivity index (χ0n) is 17.5. The monoisotopic (exact) mass is 487 g/mol. The van der Waals surface area contributed by atoms with Crippen LogP contribution in [0.1, 0.15) is 30.4 Å². The lowest BCUT2D eigenvalue weighted by Gasteiger charge is -2.11. The average molecular weight is 488 g/mol. The number of nitrogens with one attached hydrogen (secondary N) is 1. The van der Waals surface area contributed by atoms with Gasteiger partial charge in [-0.1, -0.05) is 28.9 Å². The van der Waals surface area contributed by atoms with Gasteiger partial charge in [-0.15, -0.1) is 0 Å². The van der Waals surface area contributed by atoms with E-state index in [1.54, 1.807) is 42.7 Å². The third-order valence-electron chi connectivity index (χ3n) is 4.48. The lowest BCUT2D eigenvalue weighted by molar-refractivity contribution is -0.137. The van der Waals surface area contributed by atoms with Crippen LogP contribution in [0.2, 0.25) is 5.02 Å². The van der Waals surface area contributed by atoms with E-state index in [4.69, 9.17) is 21.5 Å². The molecule has 0 radical (unpaired) electrons. The molecule has 0 fully saturated rings. The molecule has 0 aliphatic heterocycles. The minimum atomic E-state index is -3.81. The number of pyridine rings is 1. The van der Waals surface area contributed by atoms with Crippen molar-refractivity contribution in [3.8, 4) is 0 Å². The van der Waals surface area contributed by atoms with Gasteiger partial charge >= 0.3 is 5.97 Å². The largest absolute Gasteiger partial charge is 0.481 e. The minimum absolute atomic E-state index is 0.0678. The molecule has 0 spiro atoms. The first-order valence-corrected chi connectivity index (χ1v) is 11.9. The molecule has 0 amide bonds. The van der Waals surface area contributed by atoms with E-state index in [0.717, 1.165) is 0 Å². The molecule has 0 unspecified atom stereocenters. The molecule has 0 aliphatic carbocycles. The number of hydrogen-bond donors (Lipinski definition) is 2. The molecule has 0 atom stereocenters. The van der Waals surface area contributed by atoms with Crippen LogP contribution in [0.3, 0.4) is 0 Å². The first-order chi connectivity index (χ1) is 15.8. The van der Waals surface area contributed by atoms with Gasteiger partial charge in [-0.25, -0.2) is 8.42 Å². The van der Waals surface area contributed by atoms with Gasteiger partial charge in [0.2, 0.25) is 0 Å². The summed E-state index contributed by atoms with van der Waals surface area (Å²) in [5.41, 5.74) is 2.11. The summed E-state index contributed by atoms with van der Waals surface area (Å²) >= 11 is 5.85. The van der Waals surface area contributed by atoms with Crippen molar-refractivity contribution in [3.05, 3.63) is 89.2 Å². The summed E-state index contributed by atoms with van der Waals surface area (Å²) in [6.45, 7) is 0.250. The molecule has 0 bridgehead atoms. The number of carboxylic acid groups (broad SMARTS) is 1. The molecular formula is C23H22ClN3O5S. The Morgan fingerprint density at radius 3 is 2.52 bits per heavy atom. The first kappa shape index (κ1) is 24.2.